The number of nitrogens with zero attached hydrogens (tertiary/aromatic N) is 4. The van der Waals surface area contributed by atoms with Gasteiger partial charge in [-0.3, -0.25) is 28.8 Å². The van der Waals surface area contributed by atoms with Crippen LogP contribution in [-0.2, 0) is 24.3 Å². The van der Waals surface area contributed by atoms with Gasteiger partial charge in [-0.25, -0.2) is 14.8 Å². The van der Waals surface area contributed by atoms with Crippen molar-refractivity contribution in [2.24, 2.45) is 10.9 Å². The molecule has 0 saturated heterocycles. The van der Waals surface area contributed by atoms with Crippen molar-refractivity contribution < 1.29 is 24.0 Å². The van der Waals surface area contributed by atoms with Crippen molar-refractivity contribution in [2.75, 3.05) is 17.2 Å². The number of Topliss-reactive ketones (excluding diaryl/α,β-unsaturated/α-hetero) is 1. The van der Waals surface area contributed by atoms with Crippen LogP contribution < -0.4 is 37.9 Å². The van der Waals surface area contributed by atoms with E-state index in [4.69, 9.17) is 11.5 Å². The Morgan fingerprint density at radius 3 is 2.55 bits per heavy atom. The Morgan fingerprint density at radius 2 is 1.81 bits per heavy atom. The molecule has 4 aromatic rings. The Kier molecular flexibility index (Phi) is 8.03. The highest BCUT2D eigenvalue weighted by molar-refractivity contribution is 6.03. The molecule has 3 aromatic carbocycles. The molecule has 2 aliphatic rings. The number of carbonyl (C=O) groups is 4. The van der Waals surface area contributed by atoms with Gasteiger partial charge < -0.3 is 27.0 Å². The number of hydrogen-bond donors (Lipinski definition) is 4. The Morgan fingerprint density at radius 1 is 1.04 bits per heavy atom. The summed E-state index contributed by atoms with van der Waals surface area (Å²) in [6.45, 7) is 2.14. The first-order chi connectivity index (χ1) is 22.5. The lowest BCUT2D eigenvalue weighted by Crippen LogP contribution is -2.46. The summed E-state index contributed by atoms with van der Waals surface area (Å²) < 4.78 is 0. The summed E-state index contributed by atoms with van der Waals surface area (Å²) >= 11 is 0. The largest absolute Gasteiger partial charge is 0.430 e. The Balaban J connectivity index is 1.09. The van der Waals surface area contributed by atoms with Crippen LogP contribution in [-0.4, -0.2) is 46.4 Å². The van der Waals surface area contributed by atoms with Crippen molar-refractivity contribution >= 4 is 41.3 Å². The maximum atomic E-state index is 13.1. The smallest absolute Gasteiger partial charge is 0.394 e. The Bertz CT molecular complexity index is 2080. The zero-order chi connectivity index (χ0) is 33.4. The van der Waals surface area contributed by atoms with E-state index in [-0.39, 0.29) is 54.2 Å². The van der Waals surface area contributed by atoms with Crippen LogP contribution in [0.4, 0.5) is 16.2 Å². The van der Waals surface area contributed by atoms with Gasteiger partial charge in [0, 0.05) is 24.7 Å². The minimum atomic E-state index is -1.01. The van der Waals surface area contributed by atoms with E-state index in [9.17, 15) is 28.8 Å². The van der Waals surface area contributed by atoms with Gasteiger partial charge in [-0.2, -0.15) is 0 Å². The van der Waals surface area contributed by atoms with E-state index >= 15 is 0 Å². The Hall–Kier alpha value is -6.25. The number of nitrogen functional groups attached to an aromatic ring is 1. The first-order valence-corrected chi connectivity index (χ1v) is 14.5. The molecule has 238 valence electrons. The number of nitrogens with one attached hydrogen (secondary N) is 2. The second kappa shape index (κ2) is 12.3. The van der Waals surface area contributed by atoms with Crippen LogP contribution in [0, 0.1) is 6.92 Å². The standard InChI is InChI=1S/C32H28N8O7/c1-15-17(11-38-47-32(34)46)3-5-21-19(15)6-7-22(21)39-31(45)24-9-23(36-14-37-24)30(44)35-10-16-2-4-20-18(8-16)12-40(13-25(20)41)27-26(33)28(42)29(27)43/h2-5,8-9,11,14,22H,6-7,10,12-13,33H2,1H3,(H2,34,46)(H,35,44)(H,39,45)/b38-11+/t22-/m0/s1. The molecular formula is C32H28N8O7. The van der Waals surface area contributed by atoms with Crippen molar-refractivity contribution in [1.82, 2.24) is 20.6 Å². The van der Waals surface area contributed by atoms with Gasteiger partial charge in [0.1, 0.15) is 29.1 Å². The van der Waals surface area contributed by atoms with Gasteiger partial charge in [-0.1, -0.05) is 35.5 Å². The van der Waals surface area contributed by atoms with Gasteiger partial charge in [-0.05, 0) is 53.1 Å². The minimum Gasteiger partial charge on any atom is -0.394 e. The molecule has 1 atom stereocenters. The van der Waals surface area contributed by atoms with E-state index in [1.165, 1.54) is 17.2 Å². The second-order valence-electron chi connectivity index (χ2n) is 11.2. The Labute approximate surface area is 266 Å². The van der Waals surface area contributed by atoms with Crippen molar-refractivity contribution in [3.8, 4) is 0 Å². The predicted octanol–water partition coefficient (Wildman–Crippen LogP) is 0.943. The molecule has 15 heteroatoms. The number of oxime groups is 1. The highest BCUT2D eigenvalue weighted by Crippen LogP contribution is 2.34. The number of fused-ring (bicyclic) bond motifs is 2. The first kappa shape index (κ1) is 30.8. The third-order valence-electron chi connectivity index (χ3n) is 8.36. The zero-order valence-electron chi connectivity index (χ0n) is 25.0. The summed E-state index contributed by atoms with van der Waals surface area (Å²) in [6.07, 6.45) is 2.89. The monoisotopic (exact) mass is 636 g/mol. The van der Waals surface area contributed by atoms with Crippen LogP contribution in [0.5, 0.6) is 0 Å². The average Bonchev–Trinajstić information content (AvgIpc) is 3.47. The van der Waals surface area contributed by atoms with Gasteiger partial charge in [-0.15, -0.1) is 0 Å². The summed E-state index contributed by atoms with van der Waals surface area (Å²) in [6, 6.07) is 9.82. The molecule has 2 heterocycles. The SMILES string of the molecule is Cc1c(/C=N/OC(N)=O)ccc2c1CC[C@@H]2NC(=O)c1cc(C(=O)NCc2ccc3c(c2)CN(c2c(N)c(=O)c2=O)CC3=O)ncn1. The molecule has 0 radical (unpaired) electrons. The number of primary amides is 1. The van der Waals surface area contributed by atoms with E-state index in [0.717, 1.165) is 28.6 Å². The molecule has 0 fully saturated rings. The number of amides is 3. The number of carbonyl (C=O) groups excluding carboxylic acids is 4. The van der Waals surface area contributed by atoms with Gasteiger partial charge in [0.15, 0.2) is 5.78 Å². The minimum absolute atomic E-state index is 0.00943. The third kappa shape index (κ3) is 5.93. The number of rotatable bonds is 8. The summed E-state index contributed by atoms with van der Waals surface area (Å²) in [5.41, 5.74) is 14.6. The van der Waals surface area contributed by atoms with Crippen molar-refractivity contribution in [3.63, 3.8) is 0 Å². The summed E-state index contributed by atoms with van der Waals surface area (Å²) in [5, 5.41) is 9.31. The van der Waals surface area contributed by atoms with Crippen LogP contribution in [0.25, 0.3) is 0 Å². The number of hydrogen-bond acceptors (Lipinski definition) is 12. The highest BCUT2D eigenvalue weighted by atomic mass is 16.7. The van der Waals surface area contributed by atoms with Crippen molar-refractivity contribution in [2.45, 2.75) is 38.9 Å². The molecule has 3 amide bonds. The molecule has 0 saturated carbocycles. The molecule has 0 bridgehead atoms. The lowest BCUT2D eigenvalue weighted by Gasteiger charge is -2.31. The van der Waals surface area contributed by atoms with Crippen molar-refractivity contribution in [3.05, 3.63) is 114 Å². The van der Waals surface area contributed by atoms with Gasteiger partial charge in [0.2, 0.25) is 0 Å². The summed E-state index contributed by atoms with van der Waals surface area (Å²) in [7, 11) is 0. The van der Waals surface area contributed by atoms with Crippen LogP contribution in [0.1, 0.15) is 77.2 Å². The normalized spacial score (nSPS) is 15.4. The van der Waals surface area contributed by atoms with Crippen molar-refractivity contribution in [1.29, 1.82) is 0 Å². The van der Waals surface area contributed by atoms with Crippen LogP contribution >= 0.6 is 0 Å². The zero-order valence-corrected chi connectivity index (χ0v) is 25.0. The fourth-order valence-corrected chi connectivity index (χ4v) is 5.98. The van der Waals surface area contributed by atoms with Crippen LogP contribution in [0.3, 0.4) is 0 Å². The summed E-state index contributed by atoms with van der Waals surface area (Å²) in [4.78, 5) is 87.2. The second-order valence-corrected chi connectivity index (χ2v) is 11.2. The van der Waals surface area contributed by atoms with E-state index in [1.807, 2.05) is 13.0 Å². The number of anilines is 2. The van der Waals surface area contributed by atoms with Crippen LogP contribution in [0.15, 0.2) is 57.5 Å². The lowest BCUT2D eigenvalue weighted by molar-refractivity contribution is 0.0930. The lowest BCUT2D eigenvalue weighted by atomic mass is 9.95. The molecule has 6 rings (SSSR count). The van der Waals surface area contributed by atoms with E-state index in [2.05, 4.69) is 30.6 Å². The average molecular weight is 637 g/mol. The molecule has 15 nitrogen and oxygen atoms in total. The van der Waals surface area contributed by atoms with Gasteiger partial charge >= 0.3 is 6.09 Å². The number of aromatic nitrogens is 2. The topological polar surface area (TPSA) is 229 Å². The number of ketones is 1. The molecule has 47 heavy (non-hydrogen) atoms. The van der Waals surface area contributed by atoms with E-state index in [1.54, 1.807) is 24.3 Å². The molecule has 6 N–H and O–H groups in total. The maximum Gasteiger partial charge on any atom is 0.430 e. The van der Waals surface area contributed by atoms with Crippen LogP contribution in [0.2, 0.25) is 0 Å². The molecule has 0 unspecified atom stereocenters. The van der Waals surface area contributed by atoms with Gasteiger partial charge in [0.05, 0.1) is 18.8 Å². The third-order valence-corrected chi connectivity index (χ3v) is 8.36. The first-order valence-electron chi connectivity index (χ1n) is 14.5. The molecule has 0 spiro atoms. The van der Waals surface area contributed by atoms with E-state index in [0.29, 0.717) is 29.5 Å². The number of benzene rings is 2. The predicted molar refractivity (Wildman–Crippen MR) is 169 cm³/mol. The summed E-state index contributed by atoms with van der Waals surface area (Å²) in [5.74, 6) is -1.22. The molecule has 1 aliphatic carbocycles. The molecule has 1 aromatic heterocycles. The number of nitrogens with two attached hydrogens (primary N) is 2. The highest BCUT2D eigenvalue weighted by Gasteiger charge is 2.31. The maximum absolute atomic E-state index is 13.1. The van der Waals surface area contributed by atoms with E-state index < -0.39 is 28.8 Å². The molecule has 1 aliphatic heterocycles. The fraction of sp³-hybridized carbons (Fsp3) is 0.219. The van der Waals surface area contributed by atoms with Gasteiger partial charge in [0.25, 0.3) is 22.7 Å². The molecular weight excluding hydrogens is 608 g/mol. The fourth-order valence-electron chi connectivity index (χ4n) is 5.98. The quantitative estimate of drug-likeness (QED) is 0.0920.